The largest absolute Gasteiger partial charge is 0.480 e. The summed E-state index contributed by atoms with van der Waals surface area (Å²) in [5, 5.41) is 14.6. The van der Waals surface area contributed by atoms with E-state index in [2.05, 4.69) is 15.6 Å². The van der Waals surface area contributed by atoms with Crippen molar-refractivity contribution in [3.05, 3.63) is 83.6 Å². The van der Waals surface area contributed by atoms with Gasteiger partial charge in [-0.3, -0.25) is 9.59 Å². The summed E-state index contributed by atoms with van der Waals surface area (Å²) in [5.74, 6) is -1.11. The Hall–Kier alpha value is -3.88. The van der Waals surface area contributed by atoms with E-state index in [-0.39, 0.29) is 11.6 Å². The third-order valence-electron chi connectivity index (χ3n) is 5.33. The van der Waals surface area contributed by atoms with Crippen molar-refractivity contribution in [1.82, 2.24) is 10.3 Å². The molecule has 0 saturated heterocycles. The molecule has 178 valence electrons. The molecule has 9 heteroatoms. The van der Waals surface area contributed by atoms with Crippen molar-refractivity contribution >= 4 is 17.7 Å². The van der Waals surface area contributed by atoms with Crippen LogP contribution in [0.1, 0.15) is 47.8 Å². The number of anilines is 1. The smallest absolute Gasteiger partial charge is 0.416 e. The number of carbonyl (C=O) groups is 2. The van der Waals surface area contributed by atoms with Crippen molar-refractivity contribution in [3.63, 3.8) is 0 Å². The number of benzene rings is 2. The normalized spacial score (nSPS) is 13.1. The molecule has 3 aromatic rings. The number of nitrogens with zero attached hydrogens (tertiary/aromatic N) is 1. The van der Waals surface area contributed by atoms with E-state index in [0.717, 1.165) is 29.7 Å². The summed E-state index contributed by atoms with van der Waals surface area (Å²) >= 11 is 0. The fraction of sp³-hybridized carbons (Fsp3) is 0.240. The van der Waals surface area contributed by atoms with Gasteiger partial charge >= 0.3 is 12.1 Å². The Morgan fingerprint density at radius 3 is 2.03 bits per heavy atom. The summed E-state index contributed by atoms with van der Waals surface area (Å²) in [6.45, 7) is 3.37. The maximum atomic E-state index is 12.8. The highest BCUT2D eigenvalue weighted by Crippen LogP contribution is 2.31. The van der Waals surface area contributed by atoms with Gasteiger partial charge < -0.3 is 15.7 Å². The Labute approximate surface area is 194 Å². The van der Waals surface area contributed by atoms with E-state index < -0.39 is 29.7 Å². The van der Waals surface area contributed by atoms with Crippen LogP contribution >= 0.6 is 0 Å². The zero-order chi connectivity index (χ0) is 24.9. The Bertz CT molecular complexity index is 1130. The summed E-state index contributed by atoms with van der Waals surface area (Å²) < 4.78 is 38.3. The molecule has 0 aliphatic rings. The zero-order valence-electron chi connectivity index (χ0n) is 18.6. The Morgan fingerprint density at radius 2 is 1.56 bits per heavy atom. The molecule has 0 bridgehead atoms. The van der Waals surface area contributed by atoms with Crippen LogP contribution in [0.15, 0.2) is 66.9 Å². The van der Waals surface area contributed by atoms with Gasteiger partial charge in [0.15, 0.2) is 0 Å². The van der Waals surface area contributed by atoms with E-state index in [1.165, 1.54) is 25.3 Å². The number of carboxylic acid groups (broad SMARTS) is 1. The number of hydrogen-bond acceptors (Lipinski definition) is 4. The fourth-order valence-electron chi connectivity index (χ4n) is 3.31. The van der Waals surface area contributed by atoms with Crippen LogP contribution in [0.4, 0.5) is 19.0 Å². The molecule has 1 aromatic heterocycles. The minimum absolute atomic E-state index is 0.0825. The first kappa shape index (κ1) is 24.8. The van der Waals surface area contributed by atoms with E-state index in [1.54, 1.807) is 12.1 Å². The Kier molecular flexibility index (Phi) is 7.55. The van der Waals surface area contributed by atoms with Gasteiger partial charge in [-0.15, -0.1) is 0 Å². The van der Waals surface area contributed by atoms with Crippen molar-refractivity contribution in [2.24, 2.45) is 0 Å². The third-order valence-corrected chi connectivity index (χ3v) is 5.33. The number of halogens is 3. The molecular formula is C25H24F3N3O3. The summed E-state index contributed by atoms with van der Waals surface area (Å²) in [4.78, 5) is 27.2. The van der Waals surface area contributed by atoms with Gasteiger partial charge in [-0.05, 0) is 54.3 Å². The molecular weight excluding hydrogens is 447 g/mol. The van der Waals surface area contributed by atoms with Gasteiger partial charge in [0, 0.05) is 6.20 Å². The summed E-state index contributed by atoms with van der Waals surface area (Å²) in [6, 6.07) is 14.7. The number of amides is 1. The number of alkyl halides is 3. The first-order valence-corrected chi connectivity index (χ1v) is 10.6. The van der Waals surface area contributed by atoms with Crippen molar-refractivity contribution in [2.75, 3.05) is 5.32 Å². The topological polar surface area (TPSA) is 91.3 Å². The molecule has 6 nitrogen and oxygen atoms in total. The van der Waals surface area contributed by atoms with Crippen LogP contribution < -0.4 is 10.6 Å². The Morgan fingerprint density at radius 1 is 0.971 bits per heavy atom. The predicted molar refractivity (Wildman–Crippen MR) is 122 cm³/mol. The van der Waals surface area contributed by atoms with E-state index in [9.17, 15) is 22.8 Å². The summed E-state index contributed by atoms with van der Waals surface area (Å²) in [7, 11) is 0. The molecule has 2 aromatic carbocycles. The second-order valence-corrected chi connectivity index (χ2v) is 7.77. The van der Waals surface area contributed by atoms with E-state index >= 15 is 0 Å². The van der Waals surface area contributed by atoms with E-state index in [0.29, 0.717) is 11.4 Å². The molecule has 1 heterocycles. The predicted octanol–water partition coefficient (Wildman–Crippen LogP) is 5.53. The molecule has 2 atom stereocenters. The van der Waals surface area contributed by atoms with Crippen LogP contribution in [0.2, 0.25) is 0 Å². The van der Waals surface area contributed by atoms with Gasteiger partial charge in [-0.1, -0.05) is 43.3 Å². The second kappa shape index (κ2) is 10.4. The average Bonchev–Trinajstić information content (AvgIpc) is 2.82. The molecule has 3 N–H and O–H groups in total. The molecule has 0 radical (unpaired) electrons. The van der Waals surface area contributed by atoms with Gasteiger partial charge in [0.25, 0.3) is 5.91 Å². The van der Waals surface area contributed by atoms with Gasteiger partial charge in [0.05, 0.1) is 17.2 Å². The molecule has 0 saturated carbocycles. The minimum Gasteiger partial charge on any atom is -0.480 e. The van der Waals surface area contributed by atoms with Gasteiger partial charge in [-0.25, -0.2) is 4.98 Å². The highest BCUT2D eigenvalue weighted by Gasteiger charge is 2.30. The lowest BCUT2D eigenvalue weighted by Gasteiger charge is -2.19. The highest BCUT2D eigenvalue weighted by atomic mass is 19.4. The maximum absolute atomic E-state index is 12.8. The van der Waals surface area contributed by atoms with Crippen LogP contribution in [-0.4, -0.2) is 28.0 Å². The second-order valence-electron chi connectivity index (χ2n) is 7.77. The minimum atomic E-state index is -4.37. The molecule has 2 unspecified atom stereocenters. The van der Waals surface area contributed by atoms with Crippen LogP contribution in [0, 0.1) is 0 Å². The monoisotopic (exact) mass is 471 g/mol. The van der Waals surface area contributed by atoms with Crippen molar-refractivity contribution in [1.29, 1.82) is 0 Å². The lowest BCUT2D eigenvalue weighted by Crippen LogP contribution is -2.38. The first-order valence-electron chi connectivity index (χ1n) is 10.6. The lowest BCUT2D eigenvalue weighted by molar-refractivity contribution is -0.139. The first-order chi connectivity index (χ1) is 16.1. The number of carboxylic acids is 1. The number of aliphatic carboxylic acids is 1. The van der Waals surface area contributed by atoms with E-state index in [4.69, 9.17) is 5.11 Å². The van der Waals surface area contributed by atoms with Crippen molar-refractivity contribution in [2.45, 2.75) is 38.5 Å². The molecule has 0 aliphatic heterocycles. The quantitative estimate of drug-likeness (QED) is 0.402. The molecule has 3 rings (SSSR count). The van der Waals surface area contributed by atoms with Crippen molar-refractivity contribution in [3.8, 4) is 11.1 Å². The van der Waals surface area contributed by atoms with Gasteiger partial charge in [0.1, 0.15) is 11.9 Å². The average molecular weight is 471 g/mol. The fourth-order valence-corrected chi connectivity index (χ4v) is 3.31. The van der Waals surface area contributed by atoms with Crippen LogP contribution in [0.5, 0.6) is 0 Å². The number of pyridine rings is 1. The number of nitrogens with one attached hydrogen (secondary N) is 2. The number of rotatable bonds is 8. The highest BCUT2D eigenvalue weighted by molar-refractivity contribution is 5.96. The van der Waals surface area contributed by atoms with Gasteiger partial charge in [0.2, 0.25) is 0 Å². The lowest BCUT2D eigenvalue weighted by atomic mass is 9.99. The molecule has 0 spiro atoms. The van der Waals surface area contributed by atoms with Crippen molar-refractivity contribution < 1.29 is 27.9 Å². The zero-order valence-corrected chi connectivity index (χ0v) is 18.6. The standard InChI is InChI=1S/C25H24F3N3O3/c1-3-21(31-22-13-10-19(14-29-22)23(32)30-15(2)24(33)34)18-6-4-16(5-7-18)17-8-11-20(12-9-17)25(26,27)28/h4-15,21H,3H2,1-2H3,(H,29,31)(H,30,32)(H,33,34). The maximum Gasteiger partial charge on any atom is 0.416 e. The number of hydrogen-bond donors (Lipinski definition) is 3. The van der Waals surface area contributed by atoms with Gasteiger partial charge in [-0.2, -0.15) is 13.2 Å². The SMILES string of the molecule is CCC(Nc1ccc(C(=O)NC(C)C(=O)O)cn1)c1ccc(-c2ccc(C(F)(F)F)cc2)cc1. The van der Waals surface area contributed by atoms with Crippen LogP contribution in [-0.2, 0) is 11.0 Å². The number of aromatic nitrogens is 1. The Balaban J connectivity index is 1.67. The molecule has 0 aliphatic carbocycles. The molecule has 1 amide bonds. The molecule has 0 fully saturated rings. The van der Waals surface area contributed by atoms with E-state index in [1.807, 2.05) is 31.2 Å². The summed E-state index contributed by atoms with van der Waals surface area (Å²) in [6.07, 6.45) is -2.26. The van der Waals surface area contributed by atoms with Crippen LogP contribution in [0.3, 0.4) is 0 Å². The molecule has 34 heavy (non-hydrogen) atoms. The summed E-state index contributed by atoms with van der Waals surface area (Å²) in [5.41, 5.74) is 2.02. The third kappa shape index (κ3) is 6.12. The number of carbonyl (C=O) groups excluding carboxylic acids is 1. The van der Waals surface area contributed by atoms with Crippen LogP contribution in [0.25, 0.3) is 11.1 Å².